The number of hydrogen-bond acceptors (Lipinski definition) is 8. The zero-order valence-corrected chi connectivity index (χ0v) is 21.7. The fourth-order valence-corrected chi connectivity index (χ4v) is 4.46. The minimum absolute atomic E-state index is 0.00326. The van der Waals surface area contributed by atoms with Crippen molar-refractivity contribution in [2.24, 2.45) is 0 Å². The van der Waals surface area contributed by atoms with E-state index in [0.29, 0.717) is 50.0 Å². The van der Waals surface area contributed by atoms with Gasteiger partial charge in [0.15, 0.2) is 11.5 Å². The van der Waals surface area contributed by atoms with Crippen LogP contribution in [-0.4, -0.2) is 82.7 Å². The van der Waals surface area contributed by atoms with Gasteiger partial charge in [0, 0.05) is 63.7 Å². The van der Waals surface area contributed by atoms with Crippen LogP contribution in [0, 0.1) is 6.92 Å². The Labute approximate surface area is 216 Å². The van der Waals surface area contributed by atoms with Gasteiger partial charge in [-0.3, -0.25) is 14.2 Å². The number of imidazole rings is 1. The molecular weight excluding hydrogens is 474 g/mol. The summed E-state index contributed by atoms with van der Waals surface area (Å²) in [7, 11) is 3.20. The molecule has 11 nitrogen and oxygen atoms in total. The van der Waals surface area contributed by atoms with Crippen LogP contribution < -0.4 is 19.7 Å². The maximum atomic E-state index is 13.0. The highest BCUT2D eigenvalue weighted by Gasteiger charge is 2.31. The number of carbonyl (C=O) groups is 2. The molecule has 2 amide bonds. The van der Waals surface area contributed by atoms with Gasteiger partial charge in [-0.05, 0) is 31.0 Å². The molecule has 11 heteroatoms. The largest absolute Gasteiger partial charge is 0.493 e. The van der Waals surface area contributed by atoms with Crippen LogP contribution in [0.4, 0.5) is 5.82 Å². The van der Waals surface area contributed by atoms with Crippen LogP contribution in [0.5, 0.6) is 11.5 Å². The molecule has 0 bridgehead atoms. The molecule has 0 aliphatic carbocycles. The lowest BCUT2D eigenvalue weighted by molar-refractivity contribution is -0.130. The molecule has 4 rings (SSSR count). The lowest BCUT2D eigenvalue weighted by atomic mass is 10.1. The average Bonchev–Trinajstić information content (AvgIpc) is 3.43. The summed E-state index contributed by atoms with van der Waals surface area (Å²) in [5.41, 5.74) is 1.84. The molecule has 0 saturated carbocycles. The third-order valence-corrected chi connectivity index (χ3v) is 6.39. The fourth-order valence-electron chi connectivity index (χ4n) is 4.46. The molecule has 1 aromatic carbocycles. The summed E-state index contributed by atoms with van der Waals surface area (Å²) in [5, 5.41) is 3.02. The number of piperazine rings is 1. The van der Waals surface area contributed by atoms with E-state index in [2.05, 4.69) is 20.2 Å². The van der Waals surface area contributed by atoms with Gasteiger partial charge >= 0.3 is 0 Å². The number of ether oxygens (including phenoxy) is 2. The van der Waals surface area contributed by atoms with Gasteiger partial charge < -0.3 is 24.6 Å². The monoisotopic (exact) mass is 507 g/mol. The Morgan fingerprint density at radius 2 is 1.92 bits per heavy atom. The summed E-state index contributed by atoms with van der Waals surface area (Å²) in [6.45, 7) is 5.53. The van der Waals surface area contributed by atoms with Crippen molar-refractivity contribution in [2.45, 2.75) is 32.7 Å². The summed E-state index contributed by atoms with van der Waals surface area (Å²) in [4.78, 5) is 42.3. The molecule has 3 aromatic rings. The maximum absolute atomic E-state index is 13.0. The summed E-state index contributed by atoms with van der Waals surface area (Å²) in [5.74, 6) is 2.47. The van der Waals surface area contributed by atoms with Crippen LogP contribution in [-0.2, 0) is 16.0 Å². The molecule has 37 heavy (non-hydrogen) atoms. The van der Waals surface area contributed by atoms with Gasteiger partial charge in [0.1, 0.15) is 12.1 Å². The standard InChI is InChI=1S/C26H33N7O4/c1-18-13-24(30-26(29-18)32-10-9-27-17-32)33-12-11-31(19(2)34)16-21(33)15-25(35)28-8-7-20-5-6-22(36-3)23(14-20)37-4/h5-6,9-10,13-14,17,21H,7-8,11-12,15-16H2,1-4H3,(H,28,35). The Balaban J connectivity index is 1.44. The molecule has 3 heterocycles. The van der Waals surface area contributed by atoms with E-state index in [9.17, 15) is 9.59 Å². The molecular formula is C26H33N7O4. The van der Waals surface area contributed by atoms with Gasteiger partial charge in [0.25, 0.3) is 0 Å². The first kappa shape index (κ1) is 25.9. The Morgan fingerprint density at radius 1 is 1.11 bits per heavy atom. The van der Waals surface area contributed by atoms with E-state index >= 15 is 0 Å². The molecule has 1 aliphatic heterocycles. The fraction of sp³-hybridized carbons (Fsp3) is 0.423. The number of rotatable bonds is 9. The number of amides is 2. The van der Waals surface area contributed by atoms with Gasteiger partial charge in [-0.25, -0.2) is 9.97 Å². The Hall–Kier alpha value is -4.15. The number of methoxy groups -OCH3 is 2. The number of benzene rings is 1. The molecule has 0 spiro atoms. The highest BCUT2D eigenvalue weighted by molar-refractivity contribution is 5.78. The van der Waals surface area contributed by atoms with Gasteiger partial charge in [0.05, 0.1) is 20.3 Å². The number of hydrogen-bond donors (Lipinski definition) is 1. The van der Waals surface area contributed by atoms with Crippen LogP contribution in [0.1, 0.15) is 24.6 Å². The van der Waals surface area contributed by atoms with E-state index in [1.807, 2.05) is 31.2 Å². The third kappa shape index (κ3) is 6.35. The first-order valence-electron chi connectivity index (χ1n) is 12.2. The van der Waals surface area contributed by atoms with E-state index in [-0.39, 0.29) is 24.3 Å². The van der Waals surface area contributed by atoms with Crippen LogP contribution in [0.25, 0.3) is 5.95 Å². The highest BCUT2D eigenvalue weighted by atomic mass is 16.5. The van der Waals surface area contributed by atoms with Gasteiger partial charge in [-0.1, -0.05) is 6.07 Å². The van der Waals surface area contributed by atoms with Crippen molar-refractivity contribution in [3.8, 4) is 17.4 Å². The molecule has 1 aliphatic rings. The molecule has 196 valence electrons. The summed E-state index contributed by atoms with van der Waals surface area (Å²) < 4.78 is 12.4. The molecule has 0 radical (unpaired) electrons. The summed E-state index contributed by atoms with van der Waals surface area (Å²) >= 11 is 0. The van der Waals surface area contributed by atoms with E-state index in [0.717, 1.165) is 17.1 Å². The Kier molecular flexibility index (Phi) is 8.22. The van der Waals surface area contributed by atoms with Crippen LogP contribution in [0.15, 0.2) is 43.0 Å². The second-order valence-corrected chi connectivity index (χ2v) is 8.94. The molecule has 1 unspecified atom stereocenters. The lowest BCUT2D eigenvalue weighted by Crippen LogP contribution is -2.56. The van der Waals surface area contributed by atoms with Crippen molar-refractivity contribution in [1.82, 2.24) is 29.7 Å². The second-order valence-electron chi connectivity index (χ2n) is 8.94. The van der Waals surface area contributed by atoms with Crippen molar-refractivity contribution in [1.29, 1.82) is 0 Å². The third-order valence-electron chi connectivity index (χ3n) is 6.39. The lowest BCUT2D eigenvalue weighted by Gasteiger charge is -2.41. The Morgan fingerprint density at radius 3 is 2.62 bits per heavy atom. The Bertz CT molecular complexity index is 1230. The predicted molar refractivity (Wildman–Crippen MR) is 138 cm³/mol. The van der Waals surface area contributed by atoms with Crippen LogP contribution in [0.2, 0.25) is 0 Å². The van der Waals surface area contributed by atoms with Crippen molar-refractivity contribution in [3.05, 3.63) is 54.2 Å². The molecule has 2 aromatic heterocycles. The first-order chi connectivity index (χ1) is 17.9. The number of aromatic nitrogens is 4. The van der Waals surface area contributed by atoms with Gasteiger partial charge in [0.2, 0.25) is 17.8 Å². The van der Waals surface area contributed by atoms with Crippen LogP contribution in [0.3, 0.4) is 0 Å². The number of anilines is 1. The van der Waals surface area contributed by atoms with Gasteiger partial charge in [-0.15, -0.1) is 0 Å². The minimum atomic E-state index is -0.219. The summed E-state index contributed by atoms with van der Waals surface area (Å²) in [6.07, 6.45) is 6.00. The smallest absolute Gasteiger partial charge is 0.237 e. The van der Waals surface area contributed by atoms with Crippen LogP contribution >= 0.6 is 0 Å². The number of nitrogens with one attached hydrogen (secondary N) is 1. The first-order valence-corrected chi connectivity index (χ1v) is 12.2. The molecule has 1 saturated heterocycles. The number of aryl methyl sites for hydroxylation is 1. The molecule has 1 atom stereocenters. The normalized spacial score (nSPS) is 15.4. The van der Waals surface area contributed by atoms with E-state index in [4.69, 9.17) is 14.5 Å². The molecule has 1 fully saturated rings. The minimum Gasteiger partial charge on any atom is -0.493 e. The van der Waals surface area contributed by atoms with Crippen molar-refractivity contribution < 1.29 is 19.1 Å². The maximum Gasteiger partial charge on any atom is 0.237 e. The van der Waals surface area contributed by atoms with Crippen molar-refractivity contribution in [3.63, 3.8) is 0 Å². The zero-order chi connectivity index (χ0) is 26.4. The number of carbonyl (C=O) groups excluding carboxylic acids is 2. The zero-order valence-electron chi connectivity index (χ0n) is 21.7. The van der Waals surface area contributed by atoms with Crippen molar-refractivity contribution in [2.75, 3.05) is 45.3 Å². The number of nitrogens with zero attached hydrogens (tertiary/aromatic N) is 6. The topological polar surface area (TPSA) is 115 Å². The quantitative estimate of drug-likeness (QED) is 0.466. The van der Waals surface area contributed by atoms with E-state index in [1.165, 1.54) is 0 Å². The highest BCUT2D eigenvalue weighted by Crippen LogP contribution is 2.27. The SMILES string of the molecule is COc1ccc(CCNC(=O)CC2CN(C(C)=O)CCN2c2cc(C)nc(-n3ccnc3)n2)cc1OC. The molecule has 1 N–H and O–H groups in total. The van der Waals surface area contributed by atoms with Crippen molar-refractivity contribution >= 4 is 17.6 Å². The van der Waals surface area contributed by atoms with E-state index in [1.54, 1.807) is 49.3 Å². The summed E-state index contributed by atoms with van der Waals surface area (Å²) in [6, 6.07) is 7.41. The second kappa shape index (κ2) is 11.7. The van der Waals surface area contributed by atoms with Gasteiger partial charge in [-0.2, -0.15) is 4.98 Å². The predicted octanol–water partition coefficient (Wildman–Crippen LogP) is 1.77. The average molecular weight is 508 g/mol. The van der Waals surface area contributed by atoms with E-state index < -0.39 is 0 Å².